The third-order valence-corrected chi connectivity index (χ3v) is 8.64. The number of ether oxygens (including phenoxy) is 1. The van der Waals surface area contributed by atoms with Crippen molar-refractivity contribution in [3.05, 3.63) is 42.2 Å². The molecule has 2 heteroatoms. The van der Waals surface area contributed by atoms with E-state index in [4.69, 9.17) is 4.74 Å². The van der Waals surface area contributed by atoms with Gasteiger partial charge in [-0.25, -0.2) is 4.39 Å². The zero-order chi connectivity index (χ0) is 20.2. The fourth-order valence-corrected chi connectivity index (χ4v) is 6.90. The highest BCUT2D eigenvalue weighted by Gasteiger charge is 2.39. The molecule has 160 valence electrons. The number of rotatable bonds is 6. The van der Waals surface area contributed by atoms with Gasteiger partial charge in [0.05, 0.1) is 7.11 Å². The van der Waals surface area contributed by atoms with Crippen molar-refractivity contribution in [1.29, 1.82) is 0 Å². The quantitative estimate of drug-likeness (QED) is 0.442. The molecule has 0 saturated heterocycles. The molecule has 1 nitrogen and oxygen atoms in total. The van der Waals surface area contributed by atoms with Crippen molar-refractivity contribution < 1.29 is 9.13 Å². The van der Waals surface area contributed by atoms with Gasteiger partial charge in [0.2, 0.25) is 0 Å². The molecule has 4 atom stereocenters. The summed E-state index contributed by atoms with van der Waals surface area (Å²) in [6, 6.07) is 5.45. The molecule has 3 fully saturated rings. The van der Waals surface area contributed by atoms with Crippen molar-refractivity contribution in [3.63, 3.8) is 0 Å². The Bertz CT molecular complexity index is 675. The molecule has 3 saturated carbocycles. The van der Waals surface area contributed by atoms with Crippen molar-refractivity contribution in [2.45, 2.75) is 83.0 Å². The molecule has 29 heavy (non-hydrogen) atoms. The second kappa shape index (κ2) is 9.67. The van der Waals surface area contributed by atoms with Crippen molar-refractivity contribution >= 4 is 0 Å². The number of fused-ring (bicyclic) bond motifs is 1. The first-order chi connectivity index (χ1) is 14.2. The summed E-state index contributed by atoms with van der Waals surface area (Å²) >= 11 is 0. The largest absolute Gasteiger partial charge is 0.497 e. The van der Waals surface area contributed by atoms with E-state index in [0.29, 0.717) is 11.7 Å². The summed E-state index contributed by atoms with van der Waals surface area (Å²) in [4.78, 5) is 0. The highest BCUT2D eigenvalue weighted by atomic mass is 19.1. The monoisotopic (exact) mass is 398 g/mol. The highest BCUT2D eigenvalue weighted by molar-refractivity contribution is 5.31. The van der Waals surface area contributed by atoms with E-state index < -0.39 is 0 Å². The number of hydrogen-bond acceptors (Lipinski definition) is 1. The predicted octanol–water partition coefficient (Wildman–Crippen LogP) is 7.91. The molecule has 0 spiro atoms. The predicted molar refractivity (Wildman–Crippen MR) is 119 cm³/mol. The van der Waals surface area contributed by atoms with E-state index in [1.807, 2.05) is 12.1 Å². The molecule has 4 unspecified atom stereocenters. The molecule has 0 aromatic heterocycles. The lowest BCUT2D eigenvalue weighted by molar-refractivity contribution is 0.0709. The zero-order valence-electron chi connectivity index (χ0n) is 18.3. The Morgan fingerprint density at radius 3 is 2.28 bits per heavy atom. The minimum absolute atomic E-state index is 0.0744. The molecular weight excluding hydrogens is 359 g/mol. The van der Waals surface area contributed by atoms with E-state index >= 15 is 0 Å². The van der Waals surface area contributed by atoms with Crippen LogP contribution in [0.4, 0.5) is 4.39 Å². The minimum Gasteiger partial charge on any atom is -0.497 e. The first-order valence-corrected chi connectivity index (χ1v) is 12.1. The molecule has 0 heterocycles. The van der Waals surface area contributed by atoms with Gasteiger partial charge in [-0.2, -0.15) is 0 Å². The molecule has 3 aliphatic rings. The van der Waals surface area contributed by atoms with Gasteiger partial charge in [0.25, 0.3) is 0 Å². The van der Waals surface area contributed by atoms with Crippen LogP contribution in [0.25, 0.3) is 0 Å². The summed E-state index contributed by atoms with van der Waals surface area (Å²) in [5.74, 6) is 5.56. The van der Waals surface area contributed by atoms with Gasteiger partial charge in [-0.1, -0.05) is 25.0 Å². The van der Waals surface area contributed by atoms with Gasteiger partial charge in [0.1, 0.15) is 11.6 Å². The van der Waals surface area contributed by atoms with Crippen molar-refractivity contribution in [2.24, 2.45) is 29.6 Å². The number of benzene rings is 1. The summed E-state index contributed by atoms with van der Waals surface area (Å²) in [7, 11) is 1.60. The minimum atomic E-state index is -0.0744. The van der Waals surface area contributed by atoms with Crippen molar-refractivity contribution in [1.82, 2.24) is 0 Å². The van der Waals surface area contributed by atoms with Crippen LogP contribution in [-0.4, -0.2) is 7.11 Å². The lowest BCUT2D eigenvalue weighted by Gasteiger charge is -2.45. The number of methoxy groups -OCH3 is 1. The lowest BCUT2D eigenvalue weighted by Crippen LogP contribution is -2.34. The second-order valence-corrected chi connectivity index (χ2v) is 10.1. The second-order valence-electron chi connectivity index (χ2n) is 10.1. The van der Waals surface area contributed by atoms with Crippen LogP contribution in [0, 0.1) is 35.4 Å². The Labute approximate surface area is 177 Å². The Kier molecular flexibility index (Phi) is 6.98. The van der Waals surface area contributed by atoms with E-state index in [9.17, 15) is 4.39 Å². The fourth-order valence-electron chi connectivity index (χ4n) is 6.90. The Morgan fingerprint density at radius 2 is 1.59 bits per heavy atom. The third-order valence-electron chi connectivity index (χ3n) is 8.64. The molecular formula is C27H39FO. The van der Waals surface area contributed by atoms with Crippen LogP contribution >= 0.6 is 0 Å². The zero-order valence-corrected chi connectivity index (χ0v) is 18.3. The summed E-state index contributed by atoms with van der Waals surface area (Å²) < 4.78 is 19.7. The standard InChI is InChI=1S/C27H39FO/c1-3-4-5-19-6-8-20(9-7-19)21-10-11-23-17-24(13-12-22(23)16-21)26-15-14-25(29-2)18-27(26)28/h3,14-15,18-24H,1,4-13,16-17H2,2H3. The number of allylic oxidation sites excluding steroid dienone is 1. The molecule has 1 aromatic carbocycles. The van der Waals surface area contributed by atoms with E-state index in [2.05, 4.69) is 12.7 Å². The molecule has 1 aromatic rings. The first-order valence-electron chi connectivity index (χ1n) is 12.1. The van der Waals surface area contributed by atoms with Gasteiger partial charge >= 0.3 is 0 Å². The van der Waals surface area contributed by atoms with Crippen molar-refractivity contribution in [3.8, 4) is 5.75 Å². The van der Waals surface area contributed by atoms with Crippen LogP contribution in [-0.2, 0) is 0 Å². The number of halogens is 1. The molecule has 0 bridgehead atoms. The van der Waals surface area contributed by atoms with Crippen LogP contribution in [0.15, 0.2) is 30.9 Å². The number of hydrogen-bond donors (Lipinski definition) is 0. The van der Waals surface area contributed by atoms with Crippen LogP contribution in [0.5, 0.6) is 5.75 Å². The maximum atomic E-state index is 14.6. The summed E-state index contributed by atoms with van der Waals surface area (Å²) in [5.41, 5.74) is 0.921. The average molecular weight is 399 g/mol. The maximum absolute atomic E-state index is 14.6. The summed E-state index contributed by atoms with van der Waals surface area (Å²) in [5, 5.41) is 0. The molecule has 0 radical (unpaired) electrons. The highest BCUT2D eigenvalue weighted by Crippen LogP contribution is 2.51. The van der Waals surface area contributed by atoms with Crippen LogP contribution in [0.3, 0.4) is 0 Å². The lowest BCUT2D eigenvalue weighted by atomic mass is 9.60. The molecule has 3 aliphatic carbocycles. The Morgan fingerprint density at radius 1 is 0.931 bits per heavy atom. The van der Waals surface area contributed by atoms with E-state index in [1.165, 1.54) is 70.6 Å². The third kappa shape index (κ3) is 4.89. The van der Waals surface area contributed by atoms with Crippen LogP contribution in [0.2, 0.25) is 0 Å². The maximum Gasteiger partial charge on any atom is 0.130 e. The van der Waals surface area contributed by atoms with E-state index in [1.54, 1.807) is 13.2 Å². The molecule has 0 aliphatic heterocycles. The first kappa shape index (κ1) is 20.9. The van der Waals surface area contributed by atoms with Crippen LogP contribution < -0.4 is 4.74 Å². The topological polar surface area (TPSA) is 9.23 Å². The molecule has 0 amide bonds. The molecule has 0 N–H and O–H groups in total. The Hall–Kier alpha value is -1.31. The Balaban J connectivity index is 1.29. The smallest absolute Gasteiger partial charge is 0.130 e. The SMILES string of the molecule is C=CCCC1CCC(C2CCC3CC(c4ccc(OC)cc4F)CCC3C2)CC1. The van der Waals surface area contributed by atoms with E-state index in [-0.39, 0.29) is 5.82 Å². The van der Waals surface area contributed by atoms with E-state index in [0.717, 1.165) is 41.6 Å². The van der Waals surface area contributed by atoms with Gasteiger partial charge in [0, 0.05) is 6.07 Å². The van der Waals surface area contributed by atoms with Crippen LogP contribution in [0.1, 0.15) is 88.5 Å². The molecule has 4 rings (SSSR count). The van der Waals surface area contributed by atoms with Crippen molar-refractivity contribution in [2.75, 3.05) is 7.11 Å². The van der Waals surface area contributed by atoms with Gasteiger partial charge in [-0.3, -0.25) is 0 Å². The van der Waals surface area contributed by atoms with Gasteiger partial charge < -0.3 is 4.74 Å². The van der Waals surface area contributed by atoms with Gasteiger partial charge in [-0.05, 0) is 111 Å². The normalized spacial score (nSPS) is 35.0. The summed E-state index contributed by atoms with van der Waals surface area (Å²) in [6.07, 6.45) is 18.3. The summed E-state index contributed by atoms with van der Waals surface area (Å²) in [6.45, 7) is 3.88. The van der Waals surface area contributed by atoms with Gasteiger partial charge in [-0.15, -0.1) is 6.58 Å². The average Bonchev–Trinajstić information content (AvgIpc) is 2.77. The van der Waals surface area contributed by atoms with Gasteiger partial charge in [0.15, 0.2) is 0 Å². The fraction of sp³-hybridized carbons (Fsp3) is 0.704.